The van der Waals surface area contributed by atoms with E-state index in [0.29, 0.717) is 18.7 Å². The van der Waals surface area contributed by atoms with Crippen LogP contribution < -0.4 is 5.73 Å². The van der Waals surface area contributed by atoms with Crippen molar-refractivity contribution >= 4 is 9.84 Å². The Bertz CT molecular complexity index is 425. The van der Waals surface area contributed by atoms with Crippen LogP contribution >= 0.6 is 0 Å². The highest BCUT2D eigenvalue weighted by atomic mass is 32.2. The molecule has 1 aromatic rings. The summed E-state index contributed by atoms with van der Waals surface area (Å²) < 4.78 is 27.9. The molecule has 1 fully saturated rings. The molecule has 2 N–H and O–H groups in total. The average Bonchev–Trinajstić information content (AvgIpc) is 2.70. The van der Waals surface area contributed by atoms with E-state index in [2.05, 4.69) is 10.1 Å². The predicted molar refractivity (Wildman–Crippen MR) is 48.0 cm³/mol. The fourth-order valence-electron chi connectivity index (χ4n) is 1.55. The molecule has 1 saturated heterocycles. The van der Waals surface area contributed by atoms with Crippen LogP contribution in [0.2, 0.25) is 0 Å². The van der Waals surface area contributed by atoms with Gasteiger partial charge in [-0.3, -0.25) is 0 Å². The Labute approximate surface area is 81.4 Å². The minimum absolute atomic E-state index is 0.163. The summed E-state index contributed by atoms with van der Waals surface area (Å²) in [4.78, 5) is 3.92. The van der Waals surface area contributed by atoms with E-state index >= 15 is 0 Å². The maximum Gasteiger partial charge on any atom is 0.245 e. The van der Waals surface area contributed by atoms with E-state index in [0.717, 1.165) is 0 Å². The van der Waals surface area contributed by atoms with Gasteiger partial charge in [0, 0.05) is 0 Å². The Balaban J connectivity index is 2.31. The molecule has 78 valence electrons. The molecule has 14 heavy (non-hydrogen) atoms. The Morgan fingerprint density at radius 2 is 2.36 bits per heavy atom. The Kier molecular flexibility index (Phi) is 2.28. The lowest BCUT2D eigenvalue weighted by Gasteiger charge is -2.01. The molecule has 0 bridgehead atoms. The Morgan fingerprint density at radius 1 is 1.57 bits per heavy atom. The minimum atomic E-state index is -3.07. The zero-order valence-electron chi connectivity index (χ0n) is 7.51. The lowest BCUT2D eigenvalue weighted by Crippen LogP contribution is -2.08. The molecule has 1 aromatic heterocycles. The van der Waals surface area contributed by atoms with Crippen LogP contribution in [0.1, 0.15) is 29.8 Å². The third-order valence-corrected chi connectivity index (χ3v) is 4.43. The van der Waals surface area contributed by atoms with Gasteiger partial charge in [-0.1, -0.05) is 5.16 Å². The Hall–Kier alpha value is -0.950. The van der Waals surface area contributed by atoms with Crippen molar-refractivity contribution in [1.29, 1.82) is 0 Å². The summed E-state index contributed by atoms with van der Waals surface area (Å²) in [7, 11) is -3.07. The van der Waals surface area contributed by atoms with Gasteiger partial charge in [0.2, 0.25) is 5.89 Å². The van der Waals surface area contributed by atoms with Crippen LogP contribution in [-0.4, -0.2) is 24.3 Å². The molecule has 2 rings (SSSR count). The molecule has 1 atom stereocenters. The van der Waals surface area contributed by atoms with Gasteiger partial charge in [0.25, 0.3) is 0 Å². The van der Waals surface area contributed by atoms with Crippen LogP contribution in [0.3, 0.4) is 0 Å². The van der Waals surface area contributed by atoms with Crippen LogP contribution in [-0.2, 0) is 16.4 Å². The number of sulfone groups is 1. The Morgan fingerprint density at radius 3 is 2.86 bits per heavy atom. The molecule has 2 heterocycles. The van der Waals surface area contributed by atoms with Crippen molar-refractivity contribution < 1.29 is 12.9 Å². The number of nitrogens with two attached hydrogens (primary N) is 1. The molecule has 0 amide bonds. The van der Waals surface area contributed by atoms with Crippen molar-refractivity contribution in [2.75, 3.05) is 5.75 Å². The summed E-state index contributed by atoms with van der Waals surface area (Å²) in [5.41, 5.74) is 5.29. The summed E-state index contributed by atoms with van der Waals surface area (Å²) in [6.07, 6.45) is 1.22. The molecule has 0 aliphatic carbocycles. The number of hydrogen-bond acceptors (Lipinski definition) is 6. The van der Waals surface area contributed by atoms with E-state index in [1.807, 2.05) is 0 Å². The maximum atomic E-state index is 11.5. The van der Waals surface area contributed by atoms with Crippen molar-refractivity contribution in [1.82, 2.24) is 10.1 Å². The van der Waals surface area contributed by atoms with Crippen molar-refractivity contribution in [3.8, 4) is 0 Å². The number of rotatable bonds is 2. The highest BCUT2D eigenvalue weighted by Crippen LogP contribution is 2.33. The summed E-state index contributed by atoms with van der Waals surface area (Å²) >= 11 is 0. The van der Waals surface area contributed by atoms with E-state index in [1.165, 1.54) is 0 Å². The molecule has 7 heteroatoms. The van der Waals surface area contributed by atoms with Gasteiger partial charge in [-0.2, -0.15) is 4.98 Å². The number of aromatic nitrogens is 2. The van der Waals surface area contributed by atoms with Crippen LogP contribution in [0.5, 0.6) is 0 Å². The molecule has 1 unspecified atom stereocenters. The number of hydrogen-bond donors (Lipinski definition) is 1. The van der Waals surface area contributed by atoms with Gasteiger partial charge in [0.05, 0.1) is 12.3 Å². The van der Waals surface area contributed by atoms with Crippen molar-refractivity contribution in [2.24, 2.45) is 5.73 Å². The van der Waals surface area contributed by atoms with E-state index in [1.54, 1.807) is 0 Å². The van der Waals surface area contributed by atoms with Gasteiger partial charge in [0.1, 0.15) is 5.25 Å². The second-order valence-corrected chi connectivity index (χ2v) is 5.55. The van der Waals surface area contributed by atoms with Gasteiger partial charge in [-0.15, -0.1) is 0 Å². The monoisotopic (exact) mass is 217 g/mol. The summed E-state index contributed by atoms with van der Waals surface area (Å²) in [5.74, 6) is 0.739. The second-order valence-electron chi connectivity index (χ2n) is 3.25. The topological polar surface area (TPSA) is 99.1 Å². The first-order valence-corrected chi connectivity index (χ1v) is 6.09. The second kappa shape index (κ2) is 3.32. The highest BCUT2D eigenvalue weighted by Gasteiger charge is 2.36. The number of nitrogens with zero attached hydrogens (tertiary/aromatic N) is 2. The fraction of sp³-hybridized carbons (Fsp3) is 0.714. The van der Waals surface area contributed by atoms with E-state index in [4.69, 9.17) is 10.3 Å². The van der Waals surface area contributed by atoms with Crippen molar-refractivity contribution in [3.05, 3.63) is 11.7 Å². The third kappa shape index (κ3) is 1.53. The fourth-order valence-corrected chi connectivity index (χ4v) is 3.33. The van der Waals surface area contributed by atoms with Gasteiger partial charge < -0.3 is 10.3 Å². The first-order chi connectivity index (χ1) is 6.63. The van der Waals surface area contributed by atoms with Crippen molar-refractivity contribution in [3.63, 3.8) is 0 Å². The molecule has 0 radical (unpaired) electrons. The zero-order valence-corrected chi connectivity index (χ0v) is 8.33. The molecule has 0 saturated carbocycles. The standard InChI is InChI=1S/C7H11N3O3S/c8-4-6-9-7(13-10-6)5-2-1-3-14(5,11)12/h5H,1-4,8H2. The van der Waals surface area contributed by atoms with Gasteiger partial charge in [-0.25, -0.2) is 8.42 Å². The first kappa shape index (κ1) is 9.60. The zero-order chi connectivity index (χ0) is 10.2. The third-order valence-electron chi connectivity index (χ3n) is 2.27. The largest absolute Gasteiger partial charge is 0.338 e. The molecular weight excluding hydrogens is 206 g/mol. The van der Waals surface area contributed by atoms with E-state index in [9.17, 15) is 8.42 Å². The van der Waals surface area contributed by atoms with Gasteiger partial charge in [0.15, 0.2) is 15.7 Å². The van der Waals surface area contributed by atoms with Crippen LogP contribution in [0.4, 0.5) is 0 Å². The summed E-state index contributed by atoms with van der Waals surface area (Å²) in [6.45, 7) is 0.163. The van der Waals surface area contributed by atoms with E-state index < -0.39 is 15.1 Å². The molecule has 1 aliphatic heterocycles. The van der Waals surface area contributed by atoms with Gasteiger partial charge >= 0.3 is 0 Å². The normalized spacial score (nSPS) is 25.4. The lowest BCUT2D eigenvalue weighted by molar-refractivity contribution is 0.367. The summed E-state index contributed by atoms with van der Waals surface area (Å²) in [6, 6.07) is 0. The molecule has 6 nitrogen and oxygen atoms in total. The maximum absolute atomic E-state index is 11.5. The lowest BCUT2D eigenvalue weighted by atomic mass is 10.2. The average molecular weight is 217 g/mol. The van der Waals surface area contributed by atoms with Crippen LogP contribution in [0, 0.1) is 0 Å². The molecular formula is C7H11N3O3S. The SMILES string of the molecule is NCc1noc(C2CCCS2(=O)=O)n1. The van der Waals surface area contributed by atoms with Crippen molar-refractivity contribution in [2.45, 2.75) is 24.6 Å². The van der Waals surface area contributed by atoms with Crippen LogP contribution in [0.15, 0.2) is 4.52 Å². The molecule has 0 aromatic carbocycles. The summed E-state index contributed by atoms with van der Waals surface area (Å²) in [5, 5.41) is 2.95. The smallest absolute Gasteiger partial charge is 0.245 e. The quantitative estimate of drug-likeness (QED) is 0.735. The minimum Gasteiger partial charge on any atom is -0.338 e. The van der Waals surface area contributed by atoms with E-state index in [-0.39, 0.29) is 18.2 Å². The van der Waals surface area contributed by atoms with Gasteiger partial charge in [-0.05, 0) is 12.8 Å². The molecule has 0 spiro atoms. The van der Waals surface area contributed by atoms with Crippen LogP contribution in [0.25, 0.3) is 0 Å². The first-order valence-electron chi connectivity index (χ1n) is 4.37. The molecule has 1 aliphatic rings. The highest BCUT2D eigenvalue weighted by molar-refractivity contribution is 7.91. The predicted octanol–water partition coefficient (Wildman–Crippen LogP) is -0.222.